The summed E-state index contributed by atoms with van der Waals surface area (Å²) in [6, 6.07) is 13.6. The summed E-state index contributed by atoms with van der Waals surface area (Å²) >= 11 is 1.70. The van der Waals surface area contributed by atoms with Gasteiger partial charge in [0, 0.05) is 50.5 Å². The molecule has 0 amide bonds. The van der Waals surface area contributed by atoms with E-state index in [9.17, 15) is 0 Å². The lowest BCUT2D eigenvalue weighted by atomic mass is 10.2. The van der Waals surface area contributed by atoms with Crippen LogP contribution >= 0.6 is 11.3 Å². The molecule has 1 N–H and O–H groups in total. The zero-order chi connectivity index (χ0) is 16.8. The van der Waals surface area contributed by atoms with Gasteiger partial charge in [-0.2, -0.15) is 0 Å². The number of hydrogen-bond acceptors (Lipinski definition) is 6. The SMILES string of the molecule is CN(C)c1ncc(CNCc2ccnc(Oc3ccccc3)c2)s1. The van der Waals surface area contributed by atoms with E-state index in [0.29, 0.717) is 5.88 Å². The van der Waals surface area contributed by atoms with Crippen LogP contribution in [0, 0.1) is 0 Å². The quantitative estimate of drug-likeness (QED) is 0.711. The van der Waals surface area contributed by atoms with Gasteiger partial charge >= 0.3 is 0 Å². The van der Waals surface area contributed by atoms with Gasteiger partial charge in [0.1, 0.15) is 5.75 Å². The van der Waals surface area contributed by atoms with Gasteiger partial charge in [-0.25, -0.2) is 9.97 Å². The lowest BCUT2D eigenvalue weighted by Crippen LogP contribution is -2.12. The fourth-order valence-corrected chi connectivity index (χ4v) is 2.94. The summed E-state index contributed by atoms with van der Waals surface area (Å²) in [6.07, 6.45) is 3.69. The molecule has 0 saturated carbocycles. The maximum Gasteiger partial charge on any atom is 0.219 e. The fraction of sp³-hybridized carbons (Fsp3) is 0.222. The minimum Gasteiger partial charge on any atom is -0.439 e. The van der Waals surface area contributed by atoms with Crippen molar-refractivity contribution >= 4 is 16.5 Å². The Labute approximate surface area is 146 Å². The first-order valence-corrected chi connectivity index (χ1v) is 8.53. The summed E-state index contributed by atoms with van der Waals surface area (Å²) in [6.45, 7) is 1.55. The van der Waals surface area contributed by atoms with Gasteiger partial charge in [-0.15, -0.1) is 11.3 Å². The molecule has 0 unspecified atom stereocenters. The largest absolute Gasteiger partial charge is 0.439 e. The number of hydrogen-bond donors (Lipinski definition) is 1. The number of rotatable bonds is 7. The molecule has 0 fully saturated rings. The van der Waals surface area contributed by atoms with Crippen molar-refractivity contribution in [2.24, 2.45) is 0 Å². The zero-order valence-corrected chi connectivity index (χ0v) is 14.6. The number of thiazole rings is 1. The van der Waals surface area contributed by atoms with Crippen LogP contribution in [-0.4, -0.2) is 24.1 Å². The lowest BCUT2D eigenvalue weighted by molar-refractivity contribution is 0.461. The van der Waals surface area contributed by atoms with Crippen molar-refractivity contribution in [2.75, 3.05) is 19.0 Å². The molecule has 0 saturated heterocycles. The first-order chi connectivity index (χ1) is 11.7. The second-order valence-corrected chi connectivity index (χ2v) is 6.62. The van der Waals surface area contributed by atoms with Crippen LogP contribution in [0.3, 0.4) is 0 Å². The molecule has 0 bridgehead atoms. The predicted molar refractivity (Wildman–Crippen MR) is 97.7 cm³/mol. The Hall–Kier alpha value is -2.44. The molecule has 0 spiro atoms. The molecular formula is C18H20N4OS. The van der Waals surface area contributed by atoms with Gasteiger partial charge in [0.2, 0.25) is 5.88 Å². The topological polar surface area (TPSA) is 50.3 Å². The van der Waals surface area contributed by atoms with Crippen LogP contribution in [0.15, 0.2) is 54.9 Å². The van der Waals surface area contributed by atoms with Crippen LogP contribution in [-0.2, 0) is 13.1 Å². The molecule has 0 aliphatic heterocycles. The highest BCUT2D eigenvalue weighted by atomic mass is 32.1. The number of pyridine rings is 1. The Morgan fingerprint density at radius 3 is 2.67 bits per heavy atom. The molecule has 6 heteroatoms. The number of aromatic nitrogens is 2. The molecule has 3 aromatic rings. The van der Waals surface area contributed by atoms with Crippen molar-refractivity contribution in [3.63, 3.8) is 0 Å². The Morgan fingerprint density at radius 2 is 1.92 bits per heavy atom. The van der Waals surface area contributed by atoms with E-state index in [1.807, 2.05) is 67.7 Å². The van der Waals surface area contributed by atoms with Crippen molar-refractivity contribution in [3.8, 4) is 11.6 Å². The monoisotopic (exact) mass is 340 g/mol. The highest BCUT2D eigenvalue weighted by Crippen LogP contribution is 2.21. The van der Waals surface area contributed by atoms with Crippen molar-refractivity contribution in [1.29, 1.82) is 0 Å². The van der Waals surface area contributed by atoms with E-state index < -0.39 is 0 Å². The average Bonchev–Trinajstić information content (AvgIpc) is 3.05. The third-order valence-electron chi connectivity index (χ3n) is 3.32. The molecule has 0 aliphatic rings. The smallest absolute Gasteiger partial charge is 0.219 e. The van der Waals surface area contributed by atoms with E-state index in [4.69, 9.17) is 4.74 Å². The second kappa shape index (κ2) is 7.90. The van der Waals surface area contributed by atoms with E-state index >= 15 is 0 Å². The van der Waals surface area contributed by atoms with Crippen molar-refractivity contribution < 1.29 is 4.74 Å². The van der Waals surface area contributed by atoms with E-state index in [-0.39, 0.29) is 0 Å². The first-order valence-electron chi connectivity index (χ1n) is 7.71. The average molecular weight is 340 g/mol. The fourth-order valence-electron chi connectivity index (χ4n) is 2.14. The molecule has 24 heavy (non-hydrogen) atoms. The predicted octanol–water partition coefficient (Wildman–Crippen LogP) is 3.69. The van der Waals surface area contributed by atoms with E-state index in [1.165, 1.54) is 4.88 Å². The minimum atomic E-state index is 0.605. The van der Waals surface area contributed by atoms with Crippen LogP contribution in [0.25, 0.3) is 0 Å². The van der Waals surface area contributed by atoms with E-state index in [1.54, 1.807) is 17.5 Å². The minimum absolute atomic E-state index is 0.605. The Bertz CT molecular complexity index is 773. The van der Waals surface area contributed by atoms with Gasteiger partial charge in [-0.05, 0) is 23.8 Å². The molecular weight excluding hydrogens is 320 g/mol. The maximum absolute atomic E-state index is 5.76. The molecule has 2 heterocycles. The molecule has 124 valence electrons. The normalized spacial score (nSPS) is 10.6. The van der Waals surface area contributed by atoms with Gasteiger partial charge in [-0.3, -0.25) is 0 Å². The van der Waals surface area contributed by atoms with Gasteiger partial charge in [0.05, 0.1) is 0 Å². The van der Waals surface area contributed by atoms with E-state index in [2.05, 4.69) is 15.3 Å². The third-order valence-corrected chi connectivity index (χ3v) is 4.48. The zero-order valence-electron chi connectivity index (χ0n) is 13.8. The van der Waals surface area contributed by atoms with E-state index in [0.717, 1.165) is 29.5 Å². The summed E-state index contributed by atoms with van der Waals surface area (Å²) < 4.78 is 5.76. The summed E-state index contributed by atoms with van der Waals surface area (Å²) in [5, 5.41) is 4.45. The number of nitrogens with one attached hydrogen (secondary N) is 1. The molecule has 2 aromatic heterocycles. The molecule has 5 nitrogen and oxygen atoms in total. The summed E-state index contributed by atoms with van der Waals surface area (Å²) in [5.41, 5.74) is 1.13. The second-order valence-electron chi connectivity index (χ2n) is 5.52. The van der Waals surface area contributed by atoms with Gasteiger partial charge < -0.3 is 15.0 Å². The Kier molecular flexibility index (Phi) is 5.40. The molecule has 1 aromatic carbocycles. The number of ether oxygens (including phenoxy) is 1. The number of para-hydroxylation sites is 1. The highest BCUT2D eigenvalue weighted by Gasteiger charge is 2.04. The van der Waals surface area contributed by atoms with Crippen LogP contribution < -0.4 is 15.0 Å². The standard InChI is InChI=1S/C18H20N4OS/c1-22(2)18-21-13-16(24-18)12-19-11-14-8-9-20-17(10-14)23-15-6-4-3-5-7-15/h3-10,13,19H,11-12H2,1-2H3. The van der Waals surface area contributed by atoms with Crippen LogP contribution in [0.4, 0.5) is 5.13 Å². The van der Waals surface area contributed by atoms with Crippen molar-refractivity contribution in [1.82, 2.24) is 15.3 Å². The van der Waals surface area contributed by atoms with Gasteiger partial charge in [0.15, 0.2) is 5.13 Å². The summed E-state index contributed by atoms with van der Waals surface area (Å²) in [5.74, 6) is 1.39. The Morgan fingerprint density at radius 1 is 1.08 bits per heavy atom. The summed E-state index contributed by atoms with van der Waals surface area (Å²) in [4.78, 5) is 11.9. The molecule has 3 rings (SSSR count). The van der Waals surface area contributed by atoms with Crippen LogP contribution in [0.1, 0.15) is 10.4 Å². The highest BCUT2D eigenvalue weighted by molar-refractivity contribution is 7.15. The van der Waals surface area contributed by atoms with Gasteiger partial charge in [-0.1, -0.05) is 18.2 Å². The Balaban J connectivity index is 1.54. The maximum atomic E-state index is 5.76. The molecule has 0 aliphatic carbocycles. The van der Waals surface area contributed by atoms with Crippen LogP contribution in [0.5, 0.6) is 11.6 Å². The first kappa shape index (κ1) is 16.4. The van der Waals surface area contributed by atoms with Crippen molar-refractivity contribution in [3.05, 3.63) is 65.3 Å². The van der Waals surface area contributed by atoms with Crippen molar-refractivity contribution in [2.45, 2.75) is 13.1 Å². The number of benzene rings is 1. The number of nitrogens with zero attached hydrogens (tertiary/aromatic N) is 3. The third kappa shape index (κ3) is 4.53. The molecule has 0 atom stereocenters. The van der Waals surface area contributed by atoms with Gasteiger partial charge in [0.25, 0.3) is 0 Å². The lowest BCUT2D eigenvalue weighted by Gasteiger charge is -2.07. The summed E-state index contributed by atoms with van der Waals surface area (Å²) in [7, 11) is 4.00. The number of anilines is 1. The van der Waals surface area contributed by atoms with Crippen LogP contribution in [0.2, 0.25) is 0 Å². The molecule has 0 radical (unpaired) electrons.